The lowest BCUT2D eigenvalue weighted by atomic mass is 9.98. The van der Waals surface area contributed by atoms with E-state index in [9.17, 15) is 4.79 Å². The Balaban J connectivity index is 1.63. The highest BCUT2D eigenvalue weighted by atomic mass is 16.4. The number of carbonyl (C=O) groups is 1. The first kappa shape index (κ1) is 15.7. The maximum atomic E-state index is 12.0. The quantitative estimate of drug-likeness (QED) is 0.568. The maximum Gasteiger partial charge on any atom is 0.302 e. The van der Waals surface area contributed by atoms with Gasteiger partial charge >= 0.3 is 6.01 Å². The molecule has 0 aliphatic heterocycles. The Bertz CT molecular complexity index is 838. The Labute approximate surface area is 139 Å². The van der Waals surface area contributed by atoms with Crippen LogP contribution < -0.4 is 11.1 Å². The zero-order chi connectivity index (χ0) is 16.9. The summed E-state index contributed by atoms with van der Waals surface area (Å²) in [5.41, 5.74) is 8.19. The fraction of sp³-hybridized carbons (Fsp3) is 0.167. The van der Waals surface area contributed by atoms with Crippen molar-refractivity contribution in [3.63, 3.8) is 0 Å². The number of nitrogens with two attached hydrogens (primary N) is 1. The van der Waals surface area contributed by atoms with Crippen molar-refractivity contribution in [1.29, 1.82) is 0 Å². The lowest BCUT2D eigenvalue weighted by Crippen LogP contribution is -2.24. The number of hydrogen-bond donors (Lipinski definition) is 2. The first-order valence-electron chi connectivity index (χ1n) is 7.66. The van der Waals surface area contributed by atoms with Crippen molar-refractivity contribution < 1.29 is 9.21 Å². The minimum absolute atomic E-state index is 0.0354. The number of para-hydroxylation sites is 2. The van der Waals surface area contributed by atoms with Gasteiger partial charge in [0.15, 0.2) is 5.58 Å². The molecule has 2 aromatic carbocycles. The van der Waals surface area contributed by atoms with E-state index in [2.05, 4.69) is 15.3 Å². The third kappa shape index (κ3) is 3.78. The maximum absolute atomic E-state index is 12.0. The predicted octanol–water partition coefficient (Wildman–Crippen LogP) is 3.27. The number of rotatable bonds is 4. The van der Waals surface area contributed by atoms with Crippen LogP contribution in [0, 0.1) is 0 Å². The number of nitrogens with zero attached hydrogens (tertiary/aromatic N) is 2. The van der Waals surface area contributed by atoms with Crippen LogP contribution in [0.2, 0.25) is 0 Å². The molecular weight excluding hydrogens is 304 g/mol. The number of fused-ring (bicyclic) bond motifs is 1. The van der Waals surface area contributed by atoms with Gasteiger partial charge < -0.3 is 10.2 Å². The zero-order valence-corrected chi connectivity index (χ0v) is 13.3. The minimum Gasteiger partial charge on any atom is -0.423 e. The molecule has 0 aliphatic carbocycles. The van der Waals surface area contributed by atoms with Gasteiger partial charge in [-0.2, -0.15) is 9.98 Å². The molecule has 0 fully saturated rings. The van der Waals surface area contributed by atoms with Gasteiger partial charge in [0.2, 0.25) is 11.9 Å². The van der Waals surface area contributed by atoms with E-state index in [1.54, 1.807) is 6.07 Å². The van der Waals surface area contributed by atoms with E-state index in [4.69, 9.17) is 10.2 Å². The highest BCUT2D eigenvalue weighted by molar-refractivity contribution is 5.99. The summed E-state index contributed by atoms with van der Waals surface area (Å²) in [6.07, 6.45) is 0.278. The van der Waals surface area contributed by atoms with E-state index in [0.717, 1.165) is 5.56 Å². The van der Waals surface area contributed by atoms with Gasteiger partial charge in [0, 0.05) is 6.42 Å². The van der Waals surface area contributed by atoms with E-state index >= 15 is 0 Å². The van der Waals surface area contributed by atoms with Crippen LogP contribution in [0.3, 0.4) is 0 Å². The third-order valence-corrected chi connectivity index (χ3v) is 3.62. The van der Waals surface area contributed by atoms with Crippen LogP contribution in [0.25, 0.3) is 11.1 Å². The minimum atomic E-state index is -0.299. The highest BCUT2D eigenvalue weighted by Gasteiger charge is 2.12. The van der Waals surface area contributed by atoms with Crippen LogP contribution in [0.1, 0.15) is 24.8 Å². The third-order valence-electron chi connectivity index (χ3n) is 3.62. The molecule has 0 saturated carbocycles. The smallest absolute Gasteiger partial charge is 0.302 e. The van der Waals surface area contributed by atoms with E-state index in [0.29, 0.717) is 11.1 Å². The number of benzene rings is 2. The monoisotopic (exact) mass is 322 g/mol. The van der Waals surface area contributed by atoms with Gasteiger partial charge in [-0.25, -0.2) is 0 Å². The number of oxazole rings is 1. The number of anilines is 1. The van der Waals surface area contributed by atoms with Gasteiger partial charge in [0.1, 0.15) is 5.52 Å². The average Bonchev–Trinajstić information content (AvgIpc) is 2.97. The molecule has 1 heterocycles. The van der Waals surface area contributed by atoms with Gasteiger partial charge in [-0.05, 0) is 23.6 Å². The molecule has 0 aliphatic rings. The lowest BCUT2D eigenvalue weighted by Gasteiger charge is -2.09. The Kier molecular flexibility index (Phi) is 4.56. The molecular formula is C18H18N4O2. The van der Waals surface area contributed by atoms with Crippen molar-refractivity contribution in [2.45, 2.75) is 19.3 Å². The normalized spacial score (nSPS) is 13.0. The van der Waals surface area contributed by atoms with Crippen molar-refractivity contribution >= 4 is 29.0 Å². The molecule has 3 N–H and O–H groups in total. The summed E-state index contributed by atoms with van der Waals surface area (Å²) in [7, 11) is 0. The summed E-state index contributed by atoms with van der Waals surface area (Å²) in [5.74, 6) is -0.265. The second kappa shape index (κ2) is 6.95. The Morgan fingerprint density at radius 2 is 1.92 bits per heavy atom. The van der Waals surface area contributed by atoms with E-state index in [1.165, 1.54) is 0 Å². The molecule has 122 valence electrons. The molecule has 0 spiro atoms. The highest BCUT2D eigenvalue weighted by Crippen LogP contribution is 2.19. The SMILES string of the molecule is CC(CC(=O)/N=C(\N)Nc1nc2ccccc2o1)c1ccccc1. The predicted molar refractivity (Wildman–Crippen MR) is 93.7 cm³/mol. The summed E-state index contributed by atoms with van der Waals surface area (Å²) < 4.78 is 5.48. The first-order chi connectivity index (χ1) is 11.6. The fourth-order valence-corrected chi connectivity index (χ4v) is 2.40. The molecule has 0 saturated heterocycles. The fourth-order valence-electron chi connectivity index (χ4n) is 2.40. The molecule has 3 rings (SSSR count). The average molecular weight is 322 g/mol. The molecule has 0 bridgehead atoms. The van der Waals surface area contributed by atoms with E-state index in [-0.39, 0.29) is 30.2 Å². The molecule has 3 aromatic rings. The first-order valence-corrected chi connectivity index (χ1v) is 7.66. The van der Waals surface area contributed by atoms with Crippen LogP contribution in [0.4, 0.5) is 6.01 Å². The summed E-state index contributed by atoms with van der Waals surface area (Å²) in [6, 6.07) is 17.4. The molecule has 1 unspecified atom stereocenters. The Morgan fingerprint density at radius 3 is 2.67 bits per heavy atom. The number of carbonyl (C=O) groups excluding carboxylic acids is 1. The van der Waals surface area contributed by atoms with Crippen LogP contribution in [0.15, 0.2) is 64.0 Å². The second-order valence-corrected chi connectivity index (χ2v) is 5.52. The van der Waals surface area contributed by atoms with Crippen LogP contribution in [-0.4, -0.2) is 16.9 Å². The molecule has 6 nitrogen and oxygen atoms in total. The number of aliphatic imine (C=N–C) groups is 1. The molecule has 1 amide bonds. The topological polar surface area (TPSA) is 93.5 Å². The lowest BCUT2D eigenvalue weighted by molar-refractivity contribution is -0.118. The standard InChI is InChI=1S/C18H18N4O2/c1-12(13-7-3-2-4-8-13)11-16(23)21-17(19)22-18-20-14-9-5-6-10-15(14)24-18/h2-10,12H,11H2,1H3,(H3,19,20,21,22,23). The van der Waals surface area contributed by atoms with Crippen molar-refractivity contribution in [2.75, 3.05) is 5.32 Å². The Morgan fingerprint density at radius 1 is 1.21 bits per heavy atom. The number of guanidine groups is 1. The summed E-state index contributed by atoms with van der Waals surface area (Å²) in [5, 5.41) is 2.70. The second-order valence-electron chi connectivity index (χ2n) is 5.52. The molecule has 0 radical (unpaired) electrons. The van der Waals surface area contributed by atoms with Crippen molar-refractivity contribution in [2.24, 2.45) is 10.7 Å². The van der Waals surface area contributed by atoms with Crippen LogP contribution in [0.5, 0.6) is 0 Å². The molecule has 24 heavy (non-hydrogen) atoms. The Hall–Kier alpha value is -3.15. The number of aromatic nitrogens is 1. The molecule has 1 aromatic heterocycles. The van der Waals surface area contributed by atoms with E-state index in [1.807, 2.05) is 55.5 Å². The number of hydrogen-bond acceptors (Lipinski definition) is 3. The number of nitrogens with one attached hydrogen (secondary N) is 1. The van der Waals surface area contributed by atoms with Gasteiger partial charge in [-0.15, -0.1) is 0 Å². The largest absolute Gasteiger partial charge is 0.423 e. The van der Waals surface area contributed by atoms with Crippen molar-refractivity contribution in [3.05, 3.63) is 60.2 Å². The van der Waals surface area contributed by atoms with Crippen LogP contribution in [-0.2, 0) is 4.79 Å². The van der Waals surface area contributed by atoms with Crippen LogP contribution >= 0.6 is 0 Å². The molecule has 6 heteroatoms. The summed E-state index contributed by atoms with van der Waals surface area (Å²) >= 11 is 0. The summed E-state index contributed by atoms with van der Waals surface area (Å²) in [4.78, 5) is 20.1. The number of amides is 1. The molecule has 1 atom stereocenters. The van der Waals surface area contributed by atoms with Crippen molar-refractivity contribution in [1.82, 2.24) is 4.98 Å². The van der Waals surface area contributed by atoms with Gasteiger partial charge in [-0.1, -0.05) is 49.4 Å². The summed E-state index contributed by atoms with van der Waals surface area (Å²) in [6.45, 7) is 1.98. The van der Waals surface area contributed by atoms with Gasteiger partial charge in [-0.3, -0.25) is 10.1 Å². The van der Waals surface area contributed by atoms with Gasteiger partial charge in [0.05, 0.1) is 0 Å². The zero-order valence-electron chi connectivity index (χ0n) is 13.3. The van der Waals surface area contributed by atoms with Crippen molar-refractivity contribution in [3.8, 4) is 0 Å². The van der Waals surface area contributed by atoms with Gasteiger partial charge in [0.25, 0.3) is 0 Å². The van der Waals surface area contributed by atoms with E-state index < -0.39 is 0 Å².